The van der Waals surface area contributed by atoms with Gasteiger partial charge in [-0.2, -0.15) is 0 Å². The largest absolute Gasteiger partial charge is 0.463 e. The van der Waals surface area contributed by atoms with Gasteiger partial charge in [-0.05, 0) is 35.5 Å². The van der Waals surface area contributed by atoms with Gasteiger partial charge in [0, 0.05) is 0 Å². The molecule has 6 nitrogen and oxygen atoms in total. The summed E-state index contributed by atoms with van der Waals surface area (Å²) in [6.45, 7) is -0.0339. The summed E-state index contributed by atoms with van der Waals surface area (Å²) in [5, 5.41) is -0.377. The van der Waals surface area contributed by atoms with Crippen LogP contribution in [0.15, 0.2) is 51.8 Å². The third kappa shape index (κ3) is 3.26. The van der Waals surface area contributed by atoms with Gasteiger partial charge in [0.05, 0.1) is 18.6 Å². The molecule has 1 aromatic carbocycles. The third-order valence-electron chi connectivity index (χ3n) is 3.33. The Morgan fingerprint density at radius 3 is 2.67 bits per heavy atom. The van der Waals surface area contributed by atoms with Crippen molar-refractivity contribution in [1.82, 2.24) is 4.90 Å². The fourth-order valence-corrected chi connectivity index (χ4v) is 3.00. The predicted molar refractivity (Wildman–Crippen MR) is 88.0 cm³/mol. The number of nitrogens with zero attached hydrogens (tertiary/aromatic N) is 1. The van der Waals surface area contributed by atoms with Gasteiger partial charge >= 0.3 is 5.97 Å². The van der Waals surface area contributed by atoms with Crippen LogP contribution in [0.25, 0.3) is 6.08 Å². The number of imide groups is 1. The van der Waals surface area contributed by atoms with Crippen LogP contribution in [0.2, 0.25) is 0 Å². The molecular weight excluding hydrogens is 330 g/mol. The second-order valence-corrected chi connectivity index (χ2v) is 5.93. The van der Waals surface area contributed by atoms with Crippen LogP contribution in [0.5, 0.6) is 0 Å². The fraction of sp³-hybridized carbons (Fsp3) is 0.118. The molecule has 1 aliphatic rings. The number of esters is 1. The molecule has 0 bridgehead atoms. The molecule has 1 fully saturated rings. The number of hydrogen-bond acceptors (Lipinski definition) is 6. The zero-order valence-corrected chi connectivity index (χ0v) is 13.5. The van der Waals surface area contributed by atoms with Crippen LogP contribution in [-0.4, -0.2) is 29.1 Å². The monoisotopic (exact) mass is 343 g/mol. The average molecular weight is 343 g/mol. The highest BCUT2D eigenvalue weighted by Gasteiger charge is 2.35. The number of benzene rings is 1. The van der Waals surface area contributed by atoms with Crippen molar-refractivity contribution in [2.24, 2.45) is 0 Å². The Balaban J connectivity index is 1.76. The number of hydrogen-bond donors (Lipinski definition) is 0. The normalized spacial score (nSPS) is 16.0. The van der Waals surface area contributed by atoms with Crippen LogP contribution in [0.1, 0.15) is 21.9 Å². The molecule has 0 radical (unpaired) electrons. The van der Waals surface area contributed by atoms with Crippen molar-refractivity contribution in [3.8, 4) is 0 Å². The predicted octanol–water partition coefficient (Wildman–Crippen LogP) is 3.30. The molecule has 1 saturated heterocycles. The number of rotatable bonds is 4. The highest BCUT2D eigenvalue weighted by atomic mass is 32.2. The number of carbonyl (C=O) groups is 3. The van der Waals surface area contributed by atoms with E-state index in [0.29, 0.717) is 10.7 Å². The van der Waals surface area contributed by atoms with Crippen molar-refractivity contribution in [2.45, 2.75) is 6.54 Å². The maximum absolute atomic E-state index is 12.4. The lowest BCUT2D eigenvalue weighted by atomic mass is 10.2. The number of carbonyl (C=O) groups excluding carboxylic acids is 3. The molecule has 122 valence electrons. The van der Waals surface area contributed by atoms with E-state index in [1.807, 2.05) is 30.3 Å². The molecule has 0 atom stereocenters. The number of furan rings is 1. The van der Waals surface area contributed by atoms with Crippen molar-refractivity contribution >= 4 is 35.0 Å². The van der Waals surface area contributed by atoms with Gasteiger partial charge in [0.2, 0.25) is 5.76 Å². The number of methoxy groups -OCH3 is 1. The molecule has 1 aliphatic heterocycles. The first kappa shape index (κ1) is 16.1. The Kier molecular flexibility index (Phi) is 4.52. The van der Waals surface area contributed by atoms with Gasteiger partial charge in [-0.25, -0.2) is 4.79 Å². The van der Waals surface area contributed by atoms with Gasteiger partial charge in [0.25, 0.3) is 11.1 Å². The van der Waals surface area contributed by atoms with Gasteiger partial charge in [0.1, 0.15) is 5.76 Å². The molecule has 0 unspecified atom stereocenters. The Labute approximate surface area is 142 Å². The van der Waals surface area contributed by atoms with Crippen LogP contribution in [0, 0.1) is 0 Å². The first-order valence-electron chi connectivity index (χ1n) is 7.06. The zero-order valence-electron chi connectivity index (χ0n) is 12.7. The van der Waals surface area contributed by atoms with Crippen molar-refractivity contribution in [2.75, 3.05) is 7.11 Å². The van der Waals surface area contributed by atoms with Gasteiger partial charge < -0.3 is 9.15 Å². The van der Waals surface area contributed by atoms with E-state index < -0.39 is 5.97 Å². The lowest BCUT2D eigenvalue weighted by Crippen LogP contribution is -2.27. The molecule has 7 heteroatoms. The van der Waals surface area contributed by atoms with Crippen molar-refractivity contribution in [3.05, 3.63) is 64.5 Å². The van der Waals surface area contributed by atoms with Crippen LogP contribution in [0.4, 0.5) is 4.79 Å². The quantitative estimate of drug-likeness (QED) is 0.626. The molecule has 2 amide bonds. The molecular formula is C17H13NO5S. The van der Waals surface area contributed by atoms with E-state index >= 15 is 0 Å². The summed E-state index contributed by atoms with van der Waals surface area (Å²) in [4.78, 5) is 37.3. The van der Waals surface area contributed by atoms with E-state index in [1.165, 1.54) is 19.2 Å². The summed E-state index contributed by atoms with van der Waals surface area (Å²) in [6.07, 6.45) is 1.67. The average Bonchev–Trinajstić information content (AvgIpc) is 3.16. The Bertz CT molecular complexity index is 825. The molecule has 0 saturated carbocycles. The Morgan fingerprint density at radius 1 is 1.21 bits per heavy atom. The third-order valence-corrected chi connectivity index (χ3v) is 4.24. The van der Waals surface area contributed by atoms with Gasteiger partial charge in [0.15, 0.2) is 0 Å². The summed E-state index contributed by atoms with van der Waals surface area (Å²) in [7, 11) is 1.25. The van der Waals surface area contributed by atoms with E-state index in [0.717, 1.165) is 22.2 Å². The highest BCUT2D eigenvalue weighted by Crippen LogP contribution is 2.33. The first-order valence-corrected chi connectivity index (χ1v) is 7.87. The topological polar surface area (TPSA) is 76.8 Å². The van der Waals surface area contributed by atoms with Crippen LogP contribution < -0.4 is 0 Å². The van der Waals surface area contributed by atoms with Crippen molar-refractivity contribution in [3.63, 3.8) is 0 Å². The Morgan fingerprint density at radius 2 is 1.96 bits per heavy atom. The zero-order chi connectivity index (χ0) is 17.1. The first-order chi connectivity index (χ1) is 11.6. The fourth-order valence-electron chi connectivity index (χ4n) is 2.17. The second kappa shape index (κ2) is 6.76. The van der Waals surface area contributed by atoms with Crippen molar-refractivity contribution in [1.29, 1.82) is 0 Å². The minimum absolute atomic E-state index is 0.0271. The lowest BCUT2D eigenvalue weighted by Gasteiger charge is -2.09. The number of thioether (sulfide) groups is 1. The van der Waals surface area contributed by atoms with Crippen LogP contribution in [-0.2, 0) is 16.1 Å². The second-order valence-electron chi connectivity index (χ2n) is 4.94. The summed E-state index contributed by atoms with van der Waals surface area (Å²) in [5.74, 6) is -0.637. The summed E-state index contributed by atoms with van der Waals surface area (Å²) in [6, 6.07) is 12.3. The molecule has 1 aromatic heterocycles. The lowest BCUT2D eigenvalue weighted by molar-refractivity contribution is -0.123. The molecule has 0 N–H and O–H groups in total. The van der Waals surface area contributed by atoms with E-state index in [-0.39, 0.29) is 23.5 Å². The van der Waals surface area contributed by atoms with E-state index in [4.69, 9.17) is 4.42 Å². The van der Waals surface area contributed by atoms with E-state index in [2.05, 4.69) is 4.74 Å². The molecule has 24 heavy (non-hydrogen) atoms. The molecule has 2 heterocycles. The van der Waals surface area contributed by atoms with Crippen LogP contribution >= 0.6 is 11.8 Å². The number of ether oxygens (including phenoxy) is 1. The molecule has 3 rings (SSSR count). The minimum Gasteiger partial charge on any atom is -0.463 e. The van der Waals surface area contributed by atoms with Crippen LogP contribution in [0.3, 0.4) is 0 Å². The highest BCUT2D eigenvalue weighted by molar-refractivity contribution is 8.18. The maximum atomic E-state index is 12.4. The standard InChI is InChI=1S/C17H13NO5S/c1-22-16(20)13-8-7-12(23-13)10-18-15(19)14(24-17(18)21)9-11-5-3-2-4-6-11/h2-9H,10H2,1H3/b14-9+. The molecule has 0 aliphatic carbocycles. The summed E-state index contributed by atoms with van der Waals surface area (Å²) in [5.41, 5.74) is 0.842. The summed E-state index contributed by atoms with van der Waals surface area (Å²) < 4.78 is 9.85. The van der Waals surface area contributed by atoms with E-state index in [9.17, 15) is 14.4 Å². The Hall–Kier alpha value is -2.80. The van der Waals surface area contributed by atoms with Gasteiger partial charge in [-0.1, -0.05) is 30.3 Å². The minimum atomic E-state index is -0.612. The molecule has 0 spiro atoms. The van der Waals surface area contributed by atoms with Gasteiger partial charge in [-0.15, -0.1) is 0 Å². The SMILES string of the molecule is COC(=O)c1ccc(CN2C(=O)S/C(=C/c3ccccc3)C2=O)o1. The smallest absolute Gasteiger partial charge is 0.373 e. The molecule has 2 aromatic rings. The maximum Gasteiger partial charge on any atom is 0.373 e. The van der Waals surface area contributed by atoms with Gasteiger partial charge in [-0.3, -0.25) is 14.5 Å². The number of amides is 2. The van der Waals surface area contributed by atoms with Crippen molar-refractivity contribution < 1.29 is 23.5 Å². The van der Waals surface area contributed by atoms with E-state index in [1.54, 1.807) is 6.08 Å². The summed E-state index contributed by atoms with van der Waals surface area (Å²) >= 11 is 0.879.